The lowest BCUT2D eigenvalue weighted by Crippen LogP contribution is -1.92. The van der Waals surface area contributed by atoms with Crippen molar-refractivity contribution in [2.45, 2.75) is 0 Å². The van der Waals surface area contributed by atoms with Crippen LogP contribution in [0.15, 0.2) is 155 Å². The summed E-state index contributed by atoms with van der Waals surface area (Å²) in [6, 6.07) is 47.2. The Bertz CT molecular complexity index is 2840. The number of hydrogen-bond acceptors (Lipinski definition) is 6. The van der Waals surface area contributed by atoms with Crippen molar-refractivity contribution in [1.29, 1.82) is 0 Å². The van der Waals surface area contributed by atoms with Crippen LogP contribution in [-0.4, -0.2) is 19.9 Å². The van der Waals surface area contributed by atoms with Crippen molar-refractivity contribution in [2.75, 3.05) is 0 Å². The molecule has 5 aromatic heterocycles. The van der Waals surface area contributed by atoms with Gasteiger partial charge in [-0.15, -0.1) is 0 Å². The molecule has 10 aromatic rings. The minimum Gasteiger partial charge on any atom is -0.455 e. The van der Waals surface area contributed by atoms with E-state index >= 15 is 0 Å². The summed E-state index contributed by atoms with van der Waals surface area (Å²) < 4.78 is 12.6. The van der Waals surface area contributed by atoms with E-state index in [1.54, 1.807) is 0 Å². The van der Waals surface area contributed by atoms with E-state index in [4.69, 9.17) is 28.8 Å². The molecule has 0 bridgehead atoms. The number of rotatable bonds is 4. The van der Waals surface area contributed by atoms with Crippen LogP contribution in [0.5, 0.6) is 0 Å². The van der Waals surface area contributed by atoms with Crippen molar-refractivity contribution in [3.8, 4) is 45.1 Å². The second kappa shape index (κ2) is 10.4. The van der Waals surface area contributed by atoms with Gasteiger partial charge in [0.15, 0.2) is 0 Å². The molecule has 48 heavy (non-hydrogen) atoms. The Balaban J connectivity index is 1.05. The molecule has 0 saturated heterocycles. The Kier molecular flexibility index (Phi) is 5.77. The molecule has 0 unspecified atom stereocenters. The average Bonchev–Trinajstić information content (AvgIpc) is 3.76. The highest BCUT2D eigenvalue weighted by Gasteiger charge is 2.18. The summed E-state index contributed by atoms with van der Waals surface area (Å²) >= 11 is 0. The standard InChI is InChI=1S/C42H24N4O2/c1-2-8-26(9-3-1)33-21-22-35-42(45-33)48-41(46-35)27-17-15-25(16-18-27)28-10-6-11-29(24-28)38-32-20-19-31-30-12-4-5-14-36(30)47-40(31)37(32)39-34(44-38)13-7-23-43-39/h1-24H. The summed E-state index contributed by atoms with van der Waals surface area (Å²) in [5.74, 6) is 0.542. The maximum Gasteiger partial charge on any atom is 0.247 e. The van der Waals surface area contributed by atoms with Gasteiger partial charge in [0.25, 0.3) is 0 Å². The predicted octanol–water partition coefficient (Wildman–Crippen LogP) is 10.9. The summed E-state index contributed by atoms with van der Waals surface area (Å²) in [7, 11) is 0. The van der Waals surface area contributed by atoms with Gasteiger partial charge in [0.2, 0.25) is 11.6 Å². The van der Waals surface area contributed by atoms with E-state index in [1.165, 1.54) is 0 Å². The van der Waals surface area contributed by atoms with Crippen LogP contribution in [0, 0.1) is 0 Å². The number of hydrogen-bond donors (Lipinski definition) is 0. The van der Waals surface area contributed by atoms with Crippen LogP contribution >= 0.6 is 0 Å². The molecule has 0 saturated carbocycles. The fourth-order valence-corrected chi connectivity index (χ4v) is 6.66. The summed E-state index contributed by atoms with van der Waals surface area (Å²) in [4.78, 5) is 19.3. The van der Waals surface area contributed by atoms with Crippen LogP contribution in [0.1, 0.15) is 0 Å². The highest BCUT2D eigenvalue weighted by molar-refractivity contribution is 6.23. The molecular formula is C42H24N4O2. The minimum atomic E-state index is 0.522. The minimum absolute atomic E-state index is 0.522. The fourth-order valence-electron chi connectivity index (χ4n) is 6.66. The number of fused-ring (bicyclic) bond motifs is 8. The predicted molar refractivity (Wildman–Crippen MR) is 191 cm³/mol. The van der Waals surface area contributed by atoms with E-state index in [0.717, 1.165) is 88.5 Å². The molecule has 0 aliphatic heterocycles. The maximum atomic E-state index is 6.47. The molecule has 0 aliphatic carbocycles. The zero-order chi connectivity index (χ0) is 31.6. The summed E-state index contributed by atoms with van der Waals surface area (Å²) in [6.45, 7) is 0. The molecule has 6 nitrogen and oxygen atoms in total. The molecule has 0 aliphatic rings. The second-order valence-electron chi connectivity index (χ2n) is 11.9. The van der Waals surface area contributed by atoms with Crippen molar-refractivity contribution < 1.29 is 8.83 Å². The van der Waals surface area contributed by atoms with Gasteiger partial charge in [-0.25, -0.2) is 15.0 Å². The van der Waals surface area contributed by atoms with Gasteiger partial charge in [-0.1, -0.05) is 84.9 Å². The molecule has 5 aromatic carbocycles. The van der Waals surface area contributed by atoms with Crippen LogP contribution in [0.4, 0.5) is 0 Å². The third-order valence-electron chi connectivity index (χ3n) is 8.98. The van der Waals surface area contributed by atoms with Crippen LogP contribution in [0.2, 0.25) is 0 Å². The molecule has 0 amide bonds. The second-order valence-corrected chi connectivity index (χ2v) is 11.9. The van der Waals surface area contributed by atoms with E-state index in [0.29, 0.717) is 11.6 Å². The van der Waals surface area contributed by atoms with Crippen molar-refractivity contribution in [2.24, 2.45) is 0 Å². The van der Waals surface area contributed by atoms with Gasteiger partial charge in [0.05, 0.1) is 22.3 Å². The number of para-hydroxylation sites is 1. The first-order chi connectivity index (χ1) is 23.8. The normalized spacial score (nSPS) is 11.8. The Morgan fingerprint density at radius 3 is 2.17 bits per heavy atom. The lowest BCUT2D eigenvalue weighted by Gasteiger charge is -2.11. The van der Waals surface area contributed by atoms with Gasteiger partial charge < -0.3 is 8.83 Å². The monoisotopic (exact) mass is 616 g/mol. The number of furan rings is 1. The first-order valence-electron chi connectivity index (χ1n) is 15.8. The lowest BCUT2D eigenvalue weighted by molar-refractivity contribution is 0.608. The molecule has 224 valence electrons. The first kappa shape index (κ1) is 26.5. The highest BCUT2D eigenvalue weighted by atomic mass is 16.4. The topological polar surface area (TPSA) is 77.8 Å². The fraction of sp³-hybridized carbons (Fsp3) is 0. The molecule has 10 rings (SSSR count). The van der Waals surface area contributed by atoms with Gasteiger partial charge in [-0.3, -0.25) is 4.98 Å². The molecule has 6 heteroatoms. The largest absolute Gasteiger partial charge is 0.455 e. The smallest absolute Gasteiger partial charge is 0.247 e. The van der Waals surface area contributed by atoms with E-state index < -0.39 is 0 Å². The molecule has 0 spiro atoms. The third kappa shape index (κ3) is 4.20. The number of oxazole rings is 1. The number of benzene rings is 5. The van der Waals surface area contributed by atoms with Crippen molar-refractivity contribution >= 4 is 55.0 Å². The quantitative estimate of drug-likeness (QED) is 0.183. The molecule has 0 atom stereocenters. The number of aromatic nitrogens is 4. The lowest BCUT2D eigenvalue weighted by atomic mass is 9.96. The van der Waals surface area contributed by atoms with Crippen LogP contribution < -0.4 is 0 Å². The number of nitrogens with zero attached hydrogens (tertiary/aromatic N) is 4. The molecular weight excluding hydrogens is 592 g/mol. The van der Waals surface area contributed by atoms with Gasteiger partial charge in [-0.05, 0) is 65.7 Å². The molecule has 0 fully saturated rings. The summed E-state index contributed by atoms with van der Waals surface area (Å²) in [5.41, 5.74) is 11.4. The Hall–Kier alpha value is -6.66. The molecule has 5 heterocycles. The van der Waals surface area contributed by atoms with Gasteiger partial charge in [0.1, 0.15) is 22.2 Å². The average molecular weight is 617 g/mol. The maximum absolute atomic E-state index is 6.47. The van der Waals surface area contributed by atoms with Crippen molar-refractivity contribution in [3.63, 3.8) is 0 Å². The summed E-state index contributed by atoms with van der Waals surface area (Å²) in [6.07, 6.45) is 1.81. The van der Waals surface area contributed by atoms with Gasteiger partial charge in [-0.2, -0.15) is 0 Å². The van der Waals surface area contributed by atoms with Gasteiger partial charge in [0, 0.05) is 39.0 Å². The Labute approximate surface area is 274 Å². The first-order valence-corrected chi connectivity index (χ1v) is 15.8. The van der Waals surface area contributed by atoms with Gasteiger partial charge >= 0.3 is 0 Å². The van der Waals surface area contributed by atoms with E-state index in [2.05, 4.69) is 54.6 Å². The van der Waals surface area contributed by atoms with Crippen LogP contribution in [-0.2, 0) is 0 Å². The highest BCUT2D eigenvalue weighted by Crippen LogP contribution is 2.40. The summed E-state index contributed by atoms with van der Waals surface area (Å²) in [5, 5.41) is 4.14. The molecule has 0 N–H and O–H groups in total. The zero-order valence-corrected chi connectivity index (χ0v) is 25.5. The van der Waals surface area contributed by atoms with E-state index in [1.807, 2.05) is 91.1 Å². The Morgan fingerprint density at radius 1 is 0.458 bits per heavy atom. The van der Waals surface area contributed by atoms with Crippen molar-refractivity contribution in [1.82, 2.24) is 19.9 Å². The van der Waals surface area contributed by atoms with E-state index in [-0.39, 0.29) is 0 Å². The zero-order valence-electron chi connectivity index (χ0n) is 25.5. The van der Waals surface area contributed by atoms with Crippen LogP contribution in [0.3, 0.4) is 0 Å². The van der Waals surface area contributed by atoms with Crippen LogP contribution in [0.25, 0.3) is 100 Å². The molecule has 0 radical (unpaired) electrons. The SMILES string of the molecule is c1ccc(-c2ccc3nc(-c4ccc(-c5cccc(-c6nc7cccnc7c7c6ccc6c8ccccc8oc67)c5)cc4)oc3n2)cc1. The van der Waals surface area contributed by atoms with E-state index in [9.17, 15) is 0 Å². The third-order valence-corrected chi connectivity index (χ3v) is 8.98. The Morgan fingerprint density at radius 2 is 1.25 bits per heavy atom. The van der Waals surface area contributed by atoms with Crippen molar-refractivity contribution in [3.05, 3.63) is 146 Å². The number of pyridine rings is 3.